The zero-order chi connectivity index (χ0) is 21.1. The number of aliphatic imine (C=N–C) groups is 1. The molecule has 0 atom stereocenters. The molecule has 0 heterocycles. The maximum Gasteiger partial charge on any atom is 0.431 e. The molecule has 148 valence electrons. The molecule has 1 amide bonds. The Kier molecular flexibility index (Phi) is 6.40. The minimum absolute atomic E-state index is 0.00747. The summed E-state index contributed by atoms with van der Waals surface area (Å²) in [5, 5.41) is 2.21. The van der Waals surface area contributed by atoms with Crippen molar-refractivity contribution in [3.05, 3.63) is 69.9 Å². The maximum atomic E-state index is 14.4. The second-order valence-electron chi connectivity index (χ2n) is 5.46. The molecule has 0 saturated carbocycles. The fraction of sp³-hybridized carbons (Fsp3) is 0.111. The molecule has 0 aliphatic rings. The number of hydrogen-bond donors (Lipinski definition) is 2. The first-order valence-corrected chi connectivity index (χ1v) is 7.98. The van der Waals surface area contributed by atoms with E-state index >= 15 is 0 Å². The summed E-state index contributed by atoms with van der Waals surface area (Å²) in [6, 6.07) is 6.92. The van der Waals surface area contributed by atoms with E-state index in [0.717, 1.165) is 7.05 Å². The van der Waals surface area contributed by atoms with Gasteiger partial charge < -0.3 is 11.1 Å². The summed E-state index contributed by atoms with van der Waals surface area (Å²) < 4.78 is 67.4. The standard InChI is InChI=1S/C18H13ClF5N3O/c1-26-8-11(16(25)18(22,23)24)10-6-14(21)15(7-13(10)20)27-17(28)9-4-2-3-5-12(9)19/h2-8H,25H2,1H3,(H,27,28). The molecule has 0 unspecified atom stereocenters. The third-order valence-electron chi connectivity index (χ3n) is 3.57. The molecule has 3 N–H and O–H groups in total. The van der Waals surface area contributed by atoms with Crippen molar-refractivity contribution in [1.29, 1.82) is 0 Å². The van der Waals surface area contributed by atoms with Crippen molar-refractivity contribution in [3.63, 3.8) is 0 Å². The molecular formula is C18H13ClF5N3O. The second kappa shape index (κ2) is 8.39. The van der Waals surface area contributed by atoms with Gasteiger partial charge in [-0.25, -0.2) is 8.78 Å². The van der Waals surface area contributed by atoms with Crippen molar-refractivity contribution in [3.8, 4) is 0 Å². The molecule has 2 aromatic carbocycles. The third-order valence-corrected chi connectivity index (χ3v) is 3.90. The highest BCUT2D eigenvalue weighted by Crippen LogP contribution is 2.31. The highest BCUT2D eigenvalue weighted by Gasteiger charge is 2.35. The molecule has 4 nitrogen and oxygen atoms in total. The fourth-order valence-corrected chi connectivity index (χ4v) is 2.47. The molecule has 0 fully saturated rings. The number of hydrogen-bond acceptors (Lipinski definition) is 3. The predicted molar refractivity (Wildman–Crippen MR) is 97.3 cm³/mol. The smallest absolute Gasteiger partial charge is 0.394 e. The number of alkyl halides is 3. The molecule has 0 bridgehead atoms. The van der Waals surface area contributed by atoms with Gasteiger partial charge in [-0.3, -0.25) is 9.79 Å². The Balaban J connectivity index is 2.47. The number of amides is 1. The molecule has 2 rings (SSSR count). The molecule has 2 aromatic rings. The van der Waals surface area contributed by atoms with E-state index in [9.17, 15) is 26.7 Å². The van der Waals surface area contributed by atoms with E-state index in [-0.39, 0.29) is 10.6 Å². The van der Waals surface area contributed by atoms with Gasteiger partial charge >= 0.3 is 6.18 Å². The van der Waals surface area contributed by atoms with Gasteiger partial charge in [-0.1, -0.05) is 23.7 Å². The molecule has 10 heteroatoms. The van der Waals surface area contributed by atoms with E-state index in [2.05, 4.69) is 10.3 Å². The van der Waals surface area contributed by atoms with Gasteiger partial charge in [0.15, 0.2) is 0 Å². The lowest BCUT2D eigenvalue weighted by Crippen LogP contribution is -2.22. The van der Waals surface area contributed by atoms with Gasteiger partial charge in [0.05, 0.1) is 16.3 Å². The Bertz CT molecular complexity index is 970. The van der Waals surface area contributed by atoms with Crippen LogP contribution in [0.2, 0.25) is 5.02 Å². The normalized spacial score (nSPS) is 12.8. The van der Waals surface area contributed by atoms with E-state index in [1.165, 1.54) is 18.2 Å². The Morgan fingerprint density at radius 1 is 1.14 bits per heavy atom. The van der Waals surface area contributed by atoms with Gasteiger partial charge in [-0.2, -0.15) is 13.2 Å². The minimum Gasteiger partial charge on any atom is -0.394 e. The van der Waals surface area contributed by atoms with E-state index in [1.54, 1.807) is 6.07 Å². The summed E-state index contributed by atoms with van der Waals surface area (Å²) in [6.45, 7) is 0. The van der Waals surface area contributed by atoms with Crippen molar-refractivity contribution in [1.82, 2.24) is 0 Å². The van der Waals surface area contributed by atoms with E-state index < -0.39 is 46.2 Å². The van der Waals surface area contributed by atoms with E-state index in [4.69, 9.17) is 17.3 Å². The first-order chi connectivity index (χ1) is 13.1. The predicted octanol–water partition coefficient (Wildman–Crippen LogP) is 4.80. The Morgan fingerprint density at radius 3 is 2.36 bits per heavy atom. The number of anilines is 1. The molecule has 0 aliphatic carbocycles. The number of nitrogens with zero attached hydrogens (tertiary/aromatic N) is 1. The Morgan fingerprint density at radius 2 is 1.79 bits per heavy atom. The van der Waals surface area contributed by atoms with Crippen LogP contribution in [0.15, 0.2) is 47.1 Å². The lowest BCUT2D eigenvalue weighted by Gasteiger charge is -2.14. The average Bonchev–Trinajstić information content (AvgIpc) is 2.61. The van der Waals surface area contributed by atoms with Crippen LogP contribution in [-0.4, -0.2) is 25.3 Å². The quantitative estimate of drug-likeness (QED) is 0.554. The van der Waals surface area contributed by atoms with Crippen LogP contribution >= 0.6 is 11.6 Å². The summed E-state index contributed by atoms with van der Waals surface area (Å²) in [4.78, 5) is 15.6. The first kappa shape index (κ1) is 21.4. The van der Waals surface area contributed by atoms with Gasteiger partial charge in [0.1, 0.15) is 17.3 Å². The SMILES string of the molecule is CN=CC(=C(N)C(F)(F)F)c1cc(F)c(NC(=O)c2ccccc2Cl)cc1F. The summed E-state index contributed by atoms with van der Waals surface area (Å²) >= 11 is 5.87. The van der Waals surface area contributed by atoms with Crippen LogP contribution in [0, 0.1) is 11.6 Å². The van der Waals surface area contributed by atoms with Crippen LogP contribution in [0.1, 0.15) is 15.9 Å². The lowest BCUT2D eigenvalue weighted by atomic mass is 10.0. The molecule has 0 saturated heterocycles. The topological polar surface area (TPSA) is 67.5 Å². The van der Waals surface area contributed by atoms with Crippen LogP contribution in [0.4, 0.5) is 27.6 Å². The van der Waals surface area contributed by atoms with Crippen LogP contribution in [-0.2, 0) is 0 Å². The number of halogens is 6. The number of benzene rings is 2. The monoisotopic (exact) mass is 417 g/mol. The van der Waals surface area contributed by atoms with Gasteiger partial charge in [-0.15, -0.1) is 0 Å². The number of nitrogens with two attached hydrogens (primary N) is 1. The summed E-state index contributed by atoms with van der Waals surface area (Å²) in [5.41, 5.74) is 1.23. The van der Waals surface area contributed by atoms with Gasteiger partial charge in [0.2, 0.25) is 0 Å². The lowest BCUT2D eigenvalue weighted by molar-refractivity contribution is -0.0918. The molecular weight excluding hydrogens is 405 g/mol. The second-order valence-corrected chi connectivity index (χ2v) is 5.87. The highest BCUT2D eigenvalue weighted by molar-refractivity contribution is 6.34. The van der Waals surface area contributed by atoms with Crippen LogP contribution in [0.5, 0.6) is 0 Å². The van der Waals surface area contributed by atoms with Gasteiger partial charge in [-0.05, 0) is 18.2 Å². The van der Waals surface area contributed by atoms with Crippen molar-refractivity contribution >= 4 is 35.0 Å². The molecule has 28 heavy (non-hydrogen) atoms. The number of carbonyl (C=O) groups is 1. The van der Waals surface area contributed by atoms with Crippen LogP contribution in [0.25, 0.3) is 5.57 Å². The van der Waals surface area contributed by atoms with E-state index in [1.807, 2.05) is 0 Å². The zero-order valence-corrected chi connectivity index (χ0v) is 15.0. The van der Waals surface area contributed by atoms with Crippen molar-refractivity contribution in [2.24, 2.45) is 10.7 Å². The van der Waals surface area contributed by atoms with Crippen molar-refractivity contribution < 1.29 is 26.7 Å². The van der Waals surface area contributed by atoms with Gasteiger partial charge in [0.25, 0.3) is 5.91 Å². The van der Waals surface area contributed by atoms with Crippen molar-refractivity contribution in [2.45, 2.75) is 6.18 Å². The summed E-state index contributed by atoms with van der Waals surface area (Å²) in [6.07, 6.45) is -4.31. The summed E-state index contributed by atoms with van der Waals surface area (Å²) in [7, 11) is 1.15. The minimum atomic E-state index is -4.98. The van der Waals surface area contributed by atoms with Gasteiger partial charge in [0, 0.05) is 30.5 Å². The average molecular weight is 418 g/mol. The number of nitrogens with one attached hydrogen (secondary N) is 1. The number of rotatable bonds is 4. The fourth-order valence-electron chi connectivity index (χ4n) is 2.25. The summed E-state index contributed by atoms with van der Waals surface area (Å²) in [5.74, 6) is -3.23. The van der Waals surface area contributed by atoms with E-state index in [0.29, 0.717) is 18.3 Å². The highest BCUT2D eigenvalue weighted by atomic mass is 35.5. The van der Waals surface area contributed by atoms with Crippen LogP contribution in [0.3, 0.4) is 0 Å². The molecule has 0 aliphatic heterocycles. The first-order valence-electron chi connectivity index (χ1n) is 7.60. The largest absolute Gasteiger partial charge is 0.431 e. The Labute approximate surface area is 161 Å². The Hall–Kier alpha value is -2.94. The molecule has 0 spiro atoms. The zero-order valence-electron chi connectivity index (χ0n) is 14.2. The molecule has 0 aromatic heterocycles. The molecule has 0 radical (unpaired) electrons. The third kappa shape index (κ3) is 4.66. The maximum absolute atomic E-state index is 14.4. The number of allylic oxidation sites excluding steroid dienone is 2. The number of carbonyl (C=O) groups excluding carboxylic acids is 1. The van der Waals surface area contributed by atoms with Crippen LogP contribution < -0.4 is 11.1 Å². The van der Waals surface area contributed by atoms with Crippen molar-refractivity contribution in [2.75, 3.05) is 12.4 Å².